The topological polar surface area (TPSA) is 46.2 Å². The lowest BCUT2D eigenvalue weighted by Gasteiger charge is -1.98. The van der Waals surface area contributed by atoms with Crippen LogP contribution in [-0.2, 0) is 0 Å². The van der Waals surface area contributed by atoms with Crippen LogP contribution >= 0.6 is 0 Å². The maximum absolute atomic E-state index is 11.9. The Labute approximate surface area is 70.7 Å². The Morgan fingerprint density at radius 2 is 1.92 bits per heavy atom. The van der Waals surface area contributed by atoms with Crippen LogP contribution in [0.3, 0.4) is 0 Å². The molecule has 12 heavy (non-hydrogen) atoms. The molecule has 0 fully saturated rings. The van der Waals surface area contributed by atoms with Crippen molar-refractivity contribution in [2.75, 3.05) is 13.9 Å². The molecule has 0 aliphatic rings. The van der Waals surface area contributed by atoms with Gasteiger partial charge in [0.05, 0.1) is 7.18 Å². The van der Waals surface area contributed by atoms with Crippen LogP contribution in [0.5, 0.6) is 0 Å². The van der Waals surface area contributed by atoms with Crippen molar-refractivity contribution in [1.29, 1.82) is 0 Å². The van der Waals surface area contributed by atoms with Gasteiger partial charge < -0.3 is 10.8 Å². The number of nitrogens with two attached hydrogens (primary N) is 1. The molecular weight excluding hydrogens is 164 g/mol. The zero-order valence-electron chi connectivity index (χ0n) is 6.98. The molecule has 3 N–H and O–H groups in total. The lowest BCUT2D eigenvalue weighted by Crippen LogP contribution is -1.95. The highest BCUT2D eigenvalue weighted by molar-refractivity contribution is 5.29. The largest absolute Gasteiger partial charge is 0.508 e. The fraction of sp³-hybridized carbons (Fsp3) is 0.250. The molecule has 0 bridgehead atoms. The number of alkyl halides is 2. The first kappa shape index (κ1) is 13.3. The van der Waals surface area contributed by atoms with Crippen molar-refractivity contribution in [2.45, 2.75) is 0 Å². The molecule has 4 heteroatoms. The third kappa shape index (κ3) is 6.80. The molecule has 0 saturated carbocycles. The van der Waals surface area contributed by atoms with Crippen molar-refractivity contribution in [3.8, 4) is 0 Å². The standard InChI is InChI=1S/C7H10FNO.CH3F/c1-5(9)3-7(4-8)6(2)10;1-2/h3,10H,1-2,4,9H2;1H3/b7-3-;. The van der Waals surface area contributed by atoms with E-state index in [0.29, 0.717) is 7.18 Å². The van der Waals surface area contributed by atoms with Crippen LogP contribution in [0.1, 0.15) is 0 Å². The van der Waals surface area contributed by atoms with Crippen LogP contribution in [0.15, 0.2) is 36.3 Å². The van der Waals surface area contributed by atoms with E-state index >= 15 is 0 Å². The number of allylic oxidation sites excluding steroid dienone is 2. The molecule has 0 unspecified atom stereocenters. The van der Waals surface area contributed by atoms with Gasteiger partial charge in [0.2, 0.25) is 0 Å². The Hall–Kier alpha value is -1.32. The zero-order chi connectivity index (χ0) is 10.1. The van der Waals surface area contributed by atoms with Gasteiger partial charge in [-0.2, -0.15) is 0 Å². The molecule has 0 spiro atoms. The summed E-state index contributed by atoms with van der Waals surface area (Å²) in [4.78, 5) is 0. The van der Waals surface area contributed by atoms with E-state index in [9.17, 15) is 8.78 Å². The fourth-order valence-corrected chi connectivity index (χ4v) is 0.423. The van der Waals surface area contributed by atoms with Gasteiger partial charge in [0, 0.05) is 11.3 Å². The van der Waals surface area contributed by atoms with Crippen LogP contribution in [0.25, 0.3) is 0 Å². The average molecular weight is 177 g/mol. The second-order valence-electron chi connectivity index (χ2n) is 1.82. The van der Waals surface area contributed by atoms with Crippen LogP contribution in [0.2, 0.25) is 0 Å². The second kappa shape index (κ2) is 7.78. The van der Waals surface area contributed by atoms with Gasteiger partial charge in [0.25, 0.3) is 0 Å². The number of hydrogen-bond donors (Lipinski definition) is 2. The maximum Gasteiger partial charge on any atom is 0.118 e. The molecule has 0 radical (unpaired) electrons. The summed E-state index contributed by atoms with van der Waals surface area (Å²) >= 11 is 0. The van der Waals surface area contributed by atoms with E-state index in [4.69, 9.17) is 10.8 Å². The molecule has 70 valence electrons. The van der Waals surface area contributed by atoms with Gasteiger partial charge in [-0.25, -0.2) is 4.39 Å². The van der Waals surface area contributed by atoms with Gasteiger partial charge >= 0.3 is 0 Å². The molecule has 0 aromatic carbocycles. The summed E-state index contributed by atoms with van der Waals surface area (Å²) in [6, 6.07) is 0. The molecule has 0 aliphatic carbocycles. The highest BCUT2D eigenvalue weighted by atomic mass is 19.1. The summed E-state index contributed by atoms with van der Waals surface area (Å²) in [5.74, 6) is -0.311. The van der Waals surface area contributed by atoms with Crippen LogP contribution in [-0.4, -0.2) is 19.0 Å². The third-order valence-electron chi connectivity index (χ3n) is 0.874. The van der Waals surface area contributed by atoms with Gasteiger partial charge in [-0.1, -0.05) is 13.2 Å². The van der Waals surface area contributed by atoms with Crippen LogP contribution in [0.4, 0.5) is 8.78 Å². The summed E-state index contributed by atoms with van der Waals surface area (Å²) in [5.41, 5.74) is 5.38. The molecule has 0 heterocycles. The highest BCUT2D eigenvalue weighted by Crippen LogP contribution is 2.05. The minimum absolute atomic E-state index is 0.0625. The molecule has 2 nitrogen and oxygen atoms in total. The van der Waals surface area contributed by atoms with E-state index in [1.165, 1.54) is 6.08 Å². The van der Waals surface area contributed by atoms with Crippen LogP contribution in [0, 0.1) is 0 Å². The quantitative estimate of drug-likeness (QED) is 0.511. The number of halogens is 2. The smallest absolute Gasteiger partial charge is 0.118 e. The first-order valence-corrected chi connectivity index (χ1v) is 3.05. The predicted octanol–water partition coefficient (Wildman–Crippen LogP) is 2.01. The van der Waals surface area contributed by atoms with Gasteiger partial charge in [0.1, 0.15) is 12.4 Å². The molecule has 0 aromatic rings. The lowest BCUT2D eigenvalue weighted by molar-refractivity contribution is 0.408. The van der Waals surface area contributed by atoms with Crippen molar-refractivity contribution >= 4 is 0 Å². The number of rotatable bonds is 3. The van der Waals surface area contributed by atoms with Crippen LogP contribution < -0.4 is 5.73 Å². The average Bonchev–Trinajstić information content (AvgIpc) is 2.03. The summed E-state index contributed by atoms with van der Waals surface area (Å²) in [6.45, 7) is 5.65. The van der Waals surface area contributed by atoms with E-state index in [1.54, 1.807) is 0 Å². The number of aliphatic hydroxyl groups is 1. The fourth-order valence-electron chi connectivity index (χ4n) is 0.423. The van der Waals surface area contributed by atoms with Crippen molar-refractivity contribution in [3.05, 3.63) is 36.3 Å². The molecule has 0 aliphatic heterocycles. The maximum atomic E-state index is 11.9. The Kier molecular flexibility index (Phi) is 8.62. The van der Waals surface area contributed by atoms with Gasteiger partial charge in [-0.05, 0) is 6.08 Å². The molecular formula is C8H13F2NO. The Balaban J connectivity index is 0. The molecule has 0 amide bonds. The minimum atomic E-state index is -0.786. The van der Waals surface area contributed by atoms with Crippen molar-refractivity contribution in [2.24, 2.45) is 5.73 Å². The highest BCUT2D eigenvalue weighted by Gasteiger charge is 1.98. The third-order valence-corrected chi connectivity index (χ3v) is 0.874. The summed E-state index contributed by atoms with van der Waals surface area (Å²) in [6.07, 6.45) is 1.24. The Morgan fingerprint density at radius 3 is 2.00 bits per heavy atom. The second-order valence-corrected chi connectivity index (χ2v) is 1.82. The molecule has 0 atom stereocenters. The van der Waals surface area contributed by atoms with E-state index in [2.05, 4.69) is 13.2 Å². The van der Waals surface area contributed by atoms with Crippen molar-refractivity contribution in [1.82, 2.24) is 0 Å². The van der Waals surface area contributed by atoms with E-state index in [-0.39, 0.29) is 17.0 Å². The van der Waals surface area contributed by atoms with Crippen molar-refractivity contribution in [3.63, 3.8) is 0 Å². The van der Waals surface area contributed by atoms with Gasteiger partial charge in [-0.3, -0.25) is 4.39 Å². The minimum Gasteiger partial charge on any atom is -0.508 e. The lowest BCUT2D eigenvalue weighted by atomic mass is 10.2. The molecule has 0 rings (SSSR count). The van der Waals surface area contributed by atoms with E-state index in [1.807, 2.05) is 0 Å². The Bertz CT molecular complexity index is 187. The predicted molar refractivity (Wildman–Crippen MR) is 46.2 cm³/mol. The first-order valence-electron chi connectivity index (χ1n) is 3.05. The first-order chi connectivity index (χ1) is 5.57. The zero-order valence-corrected chi connectivity index (χ0v) is 6.98. The summed E-state index contributed by atoms with van der Waals surface area (Å²) in [5, 5.41) is 8.66. The number of hydrogen-bond acceptors (Lipinski definition) is 2. The summed E-state index contributed by atoms with van der Waals surface area (Å²) < 4.78 is 21.4. The monoisotopic (exact) mass is 177 g/mol. The molecule has 0 saturated heterocycles. The van der Waals surface area contributed by atoms with Crippen molar-refractivity contribution < 1.29 is 13.9 Å². The summed E-state index contributed by atoms with van der Waals surface area (Å²) in [7, 11) is 0.500. The van der Waals surface area contributed by atoms with E-state index in [0.717, 1.165) is 0 Å². The van der Waals surface area contributed by atoms with Gasteiger partial charge in [-0.15, -0.1) is 0 Å². The molecule has 0 aromatic heterocycles. The van der Waals surface area contributed by atoms with Gasteiger partial charge in [0.15, 0.2) is 0 Å². The van der Waals surface area contributed by atoms with E-state index < -0.39 is 6.67 Å². The number of aliphatic hydroxyl groups excluding tert-OH is 1. The normalized spacial score (nSPS) is 9.75. The SMILES string of the molecule is C=C(N)/C=C(/CF)C(=C)O.CF. The Morgan fingerprint density at radius 1 is 1.50 bits per heavy atom.